The summed E-state index contributed by atoms with van der Waals surface area (Å²) in [5, 5.41) is 0. The zero-order valence-electron chi connectivity index (χ0n) is 15.3. The number of rotatable bonds is 9. The molecule has 0 saturated heterocycles. The molecule has 0 saturated carbocycles. The van der Waals surface area contributed by atoms with E-state index in [0.29, 0.717) is 25.0 Å². The van der Waals surface area contributed by atoms with Gasteiger partial charge in [-0.1, -0.05) is 45.6 Å². The van der Waals surface area contributed by atoms with Crippen molar-refractivity contribution in [2.75, 3.05) is 5.73 Å². The molecule has 0 aromatic heterocycles. The molecule has 0 aliphatic heterocycles. The van der Waals surface area contributed by atoms with Gasteiger partial charge in [-0.15, -0.1) is 0 Å². The van der Waals surface area contributed by atoms with E-state index in [-0.39, 0.29) is 11.3 Å². The van der Waals surface area contributed by atoms with Crippen LogP contribution in [-0.4, -0.2) is 18.0 Å². The van der Waals surface area contributed by atoms with Gasteiger partial charge in [0.05, 0.1) is 0 Å². The number of unbranched alkanes of at least 4 members (excludes halogenated alkanes) is 3. The summed E-state index contributed by atoms with van der Waals surface area (Å²) in [7, 11) is 0. The van der Waals surface area contributed by atoms with Crippen molar-refractivity contribution in [2.45, 2.75) is 75.8 Å². The molecule has 1 unspecified atom stereocenters. The van der Waals surface area contributed by atoms with E-state index in [1.807, 2.05) is 6.92 Å². The van der Waals surface area contributed by atoms with Crippen LogP contribution in [0.4, 0.5) is 45.2 Å². The second-order valence-corrected chi connectivity index (χ2v) is 6.82. The van der Waals surface area contributed by atoms with Crippen molar-refractivity contribution in [3.8, 4) is 0 Å². The van der Waals surface area contributed by atoms with Crippen LogP contribution in [0, 0.1) is 0 Å². The molecule has 1 rings (SSSR count). The lowest BCUT2D eigenvalue weighted by Gasteiger charge is -2.34. The van der Waals surface area contributed by atoms with E-state index in [2.05, 4.69) is 0 Å². The first kappa shape index (κ1) is 24.4. The van der Waals surface area contributed by atoms with E-state index < -0.39 is 35.4 Å². The van der Waals surface area contributed by atoms with Crippen molar-refractivity contribution >= 4 is 5.69 Å². The second kappa shape index (κ2) is 8.41. The second-order valence-electron chi connectivity index (χ2n) is 6.82. The van der Waals surface area contributed by atoms with Gasteiger partial charge in [0.25, 0.3) is 0 Å². The molecule has 1 aromatic rings. The number of alkyl halides is 9. The molecule has 10 heteroatoms. The number of hydrogen-bond acceptors (Lipinski definition) is 1. The SMILES string of the molecule is CCCCCCC(C)c1cc(C(F)(F)C(F)(F)C(F)(F)C(F)(F)F)ccc1N. The Hall–Kier alpha value is -1.61. The molecular formula is C18H22F9N. The molecule has 0 spiro atoms. The van der Waals surface area contributed by atoms with E-state index >= 15 is 0 Å². The van der Waals surface area contributed by atoms with Crippen LogP contribution in [0.3, 0.4) is 0 Å². The first-order valence-electron chi connectivity index (χ1n) is 8.71. The molecule has 162 valence electrons. The van der Waals surface area contributed by atoms with Gasteiger partial charge in [-0.3, -0.25) is 0 Å². The zero-order chi connectivity index (χ0) is 22.0. The molecule has 1 aromatic carbocycles. The lowest BCUT2D eigenvalue weighted by molar-refractivity contribution is -0.399. The first-order valence-corrected chi connectivity index (χ1v) is 8.71. The minimum atomic E-state index is -6.92. The third kappa shape index (κ3) is 4.51. The fraction of sp³-hybridized carbons (Fsp3) is 0.667. The molecule has 28 heavy (non-hydrogen) atoms. The fourth-order valence-electron chi connectivity index (χ4n) is 2.79. The summed E-state index contributed by atoms with van der Waals surface area (Å²) in [6.07, 6.45) is -2.97. The molecule has 1 atom stereocenters. The van der Waals surface area contributed by atoms with Crippen molar-refractivity contribution in [2.24, 2.45) is 0 Å². The Balaban J connectivity index is 3.25. The smallest absolute Gasteiger partial charge is 0.398 e. The number of nitrogen functional groups attached to an aromatic ring is 1. The quantitative estimate of drug-likeness (QED) is 0.252. The van der Waals surface area contributed by atoms with Gasteiger partial charge in [0, 0.05) is 11.3 Å². The Bertz CT molecular complexity index is 653. The van der Waals surface area contributed by atoms with E-state index in [1.165, 1.54) is 0 Å². The van der Waals surface area contributed by atoms with Gasteiger partial charge in [-0.2, -0.15) is 39.5 Å². The molecule has 2 N–H and O–H groups in total. The van der Waals surface area contributed by atoms with E-state index in [9.17, 15) is 39.5 Å². The Labute approximate surface area is 157 Å². The van der Waals surface area contributed by atoms with Crippen molar-refractivity contribution < 1.29 is 39.5 Å². The molecule has 1 nitrogen and oxygen atoms in total. The van der Waals surface area contributed by atoms with Crippen molar-refractivity contribution in [3.05, 3.63) is 29.3 Å². The van der Waals surface area contributed by atoms with Crippen LogP contribution in [0.15, 0.2) is 18.2 Å². The normalized spacial score (nSPS) is 15.0. The minimum Gasteiger partial charge on any atom is -0.398 e. The summed E-state index contributed by atoms with van der Waals surface area (Å²) in [6.45, 7) is 3.56. The fourth-order valence-corrected chi connectivity index (χ4v) is 2.79. The van der Waals surface area contributed by atoms with Gasteiger partial charge in [0.15, 0.2) is 0 Å². The standard InChI is InChI=1S/C18H22F9N/c1-3-4-5-6-7-11(2)13-10-12(8-9-14(13)28)15(19,20)16(21,22)17(23,24)18(25,26)27/h8-11H,3-7,28H2,1-2H3. The lowest BCUT2D eigenvalue weighted by Crippen LogP contribution is -2.59. The van der Waals surface area contributed by atoms with Crippen molar-refractivity contribution in [1.82, 2.24) is 0 Å². The number of hydrogen-bond donors (Lipinski definition) is 1. The Morgan fingerprint density at radius 1 is 0.857 bits per heavy atom. The third-order valence-electron chi connectivity index (χ3n) is 4.62. The molecule has 0 heterocycles. The highest BCUT2D eigenvalue weighted by Gasteiger charge is 2.82. The Morgan fingerprint density at radius 3 is 1.93 bits per heavy atom. The average molecular weight is 423 g/mol. The lowest BCUT2D eigenvalue weighted by atomic mass is 9.89. The van der Waals surface area contributed by atoms with Gasteiger partial charge in [0.2, 0.25) is 0 Å². The molecule has 0 fully saturated rings. The third-order valence-corrected chi connectivity index (χ3v) is 4.62. The van der Waals surface area contributed by atoms with Gasteiger partial charge >= 0.3 is 23.9 Å². The largest absolute Gasteiger partial charge is 0.460 e. The molecule has 0 aliphatic rings. The summed E-state index contributed by atoms with van der Waals surface area (Å²) in [5.74, 6) is -19.8. The molecule has 0 amide bonds. The molecule has 0 aliphatic carbocycles. The van der Waals surface area contributed by atoms with Gasteiger partial charge in [-0.25, -0.2) is 0 Å². The van der Waals surface area contributed by atoms with Crippen LogP contribution in [-0.2, 0) is 5.92 Å². The van der Waals surface area contributed by atoms with Crippen LogP contribution in [0.1, 0.15) is 63.0 Å². The maximum absolute atomic E-state index is 14.1. The van der Waals surface area contributed by atoms with Crippen LogP contribution in [0.5, 0.6) is 0 Å². The number of halogens is 9. The van der Waals surface area contributed by atoms with Crippen LogP contribution in [0.2, 0.25) is 0 Å². The highest BCUT2D eigenvalue weighted by molar-refractivity contribution is 5.51. The maximum atomic E-state index is 14.1. The first-order chi connectivity index (χ1) is 12.6. The van der Waals surface area contributed by atoms with Crippen LogP contribution >= 0.6 is 0 Å². The van der Waals surface area contributed by atoms with E-state index in [0.717, 1.165) is 25.3 Å². The highest BCUT2D eigenvalue weighted by Crippen LogP contribution is 2.56. The molecule has 0 radical (unpaired) electrons. The summed E-state index contributed by atoms with van der Waals surface area (Å²) < 4.78 is 118. The summed E-state index contributed by atoms with van der Waals surface area (Å²) >= 11 is 0. The summed E-state index contributed by atoms with van der Waals surface area (Å²) in [4.78, 5) is 0. The molecular weight excluding hydrogens is 401 g/mol. The number of anilines is 1. The van der Waals surface area contributed by atoms with Crippen LogP contribution < -0.4 is 5.73 Å². The van der Waals surface area contributed by atoms with Crippen molar-refractivity contribution in [1.29, 1.82) is 0 Å². The summed E-state index contributed by atoms with van der Waals surface area (Å²) in [5.41, 5.74) is 3.99. The van der Waals surface area contributed by atoms with E-state index in [4.69, 9.17) is 5.73 Å². The van der Waals surface area contributed by atoms with E-state index in [1.54, 1.807) is 6.92 Å². The molecule has 0 bridgehead atoms. The Kier molecular flexibility index (Phi) is 7.33. The average Bonchev–Trinajstić information content (AvgIpc) is 2.57. The monoisotopic (exact) mass is 423 g/mol. The van der Waals surface area contributed by atoms with Crippen molar-refractivity contribution in [3.63, 3.8) is 0 Å². The predicted octanol–water partition coefficient (Wildman–Crippen LogP) is 7.27. The van der Waals surface area contributed by atoms with Gasteiger partial charge in [-0.05, 0) is 30.0 Å². The number of benzene rings is 1. The van der Waals surface area contributed by atoms with Gasteiger partial charge < -0.3 is 5.73 Å². The predicted molar refractivity (Wildman–Crippen MR) is 87.9 cm³/mol. The summed E-state index contributed by atoms with van der Waals surface area (Å²) in [6, 6.07) is 1.63. The maximum Gasteiger partial charge on any atom is 0.460 e. The minimum absolute atomic E-state index is 0.000187. The zero-order valence-corrected chi connectivity index (χ0v) is 15.3. The topological polar surface area (TPSA) is 26.0 Å². The van der Waals surface area contributed by atoms with Crippen LogP contribution in [0.25, 0.3) is 0 Å². The number of nitrogens with two attached hydrogens (primary N) is 1. The Morgan fingerprint density at radius 2 is 1.43 bits per heavy atom. The van der Waals surface area contributed by atoms with Gasteiger partial charge in [0.1, 0.15) is 0 Å². The highest BCUT2D eigenvalue weighted by atomic mass is 19.4.